The van der Waals surface area contributed by atoms with Gasteiger partial charge in [0, 0.05) is 30.0 Å². The van der Waals surface area contributed by atoms with Gasteiger partial charge in [-0.3, -0.25) is 0 Å². The van der Waals surface area contributed by atoms with E-state index < -0.39 is 0 Å². The molecule has 0 unspecified atom stereocenters. The van der Waals surface area contributed by atoms with E-state index in [2.05, 4.69) is 52.4 Å². The molecule has 5 rings (SSSR count). The molecule has 0 saturated carbocycles. The molecule has 5 aromatic rings. The van der Waals surface area contributed by atoms with Gasteiger partial charge in [0.25, 0.3) is 0 Å². The van der Waals surface area contributed by atoms with E-state index in [1.54, 1.807) is 20.4 Å². The third kappa shape index (κ3) is 3.78. The number of nitrogen functional groups attached to an aromatic ring is 2. The lowest BCUT2D eigenvalue weighted by molar-refractivity contribution is 0.352. The zero-order valence-corrected chi connectivity index (χ0v) is 18.5. The second-order valence-electron chi connectivity index (χ2n) is 7.86. The van der Waals surface area contributed by atoms with E-state index in [1.807, 2.05) is 12.1 Å². The third-order valence-electron chi connectivity index (χ3n) is 5.83. The summed E-state index contributed by atoms with van der Waals surface area (Å²) >= 11 is 0. The number of fused-ring (bicyclic) bond motifs is 2. The first kappa shape index (κ1) is 20.6. The summed E-state index contributed by atoms with van der Waals surface area (Å²) in [6, 6.07) is 18.6. The van der Waals surface area contributed by atoms with Crippen molar-refractivity contribution >= 4 is 33.5 Å². The molecule has 0 aliphatic carbocycles. The van der Waals surface area contributed by atoms with E-state index in [0.717, 1.165) is 22.3 Å². The molecule has 3 aromatic carbocycles. The molecule has 7 heteroatoms. The summed E-state index contributed by atoms with van der Waals surface area (Å²) in [5.41, 5.74) is 15.3. The molecule has 0 atom stereocenters. The summed E-state index contributed by atoms with van der Waals surface area (Å²) in [5.74, 6) is 2.47. The van der Waals surface area contributed by atoms with Crippen LogP contribution >= 0.6 is 0 Å². The number of nitrogens with two attached hydrogens (primary N) is 2. The highest BCUT2D eigenvalue weighted by Gasteiger charge is 2.20. The van der Waals surface area contributed by atoms with Crippen molar-refractivity contribution in [2.24, 2.45) is 0 Å². The van der Waals surface area contributed by atoms with Crippen LogP contribution < -0.4 is 20.9 Å². The average Bonchev–Trinajstić information content (AvgIpc) is 3.24. The predicted octanol–water partition coefficient (Wildman–Crippen LogP) is 4.74. The zero-order valence-electron chi connectivity index (χ0n) is 18.5. The molecule has 0 amide bonds. The SMILES string of the molecule is COc1cc(Cc2cnc(N)nc2N)c2cc(Cc3cccc4ccccc34)oc2c1OC. The molecule has 2 heterocycles. The lowest BCUT2D eigenvalue weighted by Gasteiger charge is -2.12. The van der Waals surface area contributed by atoms with Gasteiger partial charge in [-0.15, -0.1) is 0 Å². The maximum absolute atomic E-state index is 6.33. The van der Waals surface area contributed by atoms with Crippen LogP contribution in [0.4, 0.5) is 11.8 Å². The second-order valence-corrected chi connectivity index (χ2v) is 7.86. The molecular formula is C26H24N4O3. The number of anilines is 2. The number of hydrogen-bond donors (Lipinski definition) is 2. The molecule has 7 nitrogen and oxygen atoms in total. The average molecular weight is 441 g/mol. The van der Waals surface area contributed by atoms with Crippen LogP contribution in [-0.2, 0) is 12.8 Å². The topological polar surface area (TPSA) is 109 Å². The molecule has 0 radical (unpaired) electrons. The molecule has 0 aliphatic heterocycles. The van der Waals surface area contributed by atoms with E-state index in [4.69, 9.17) is 25.4 Å². The van der Waals surface area contributed by atoms with Crippen molar-refractivity contribution in [3.63, 3.8) is 0 Å². The summed E-state index contributed by atoms with van der Waals surface area (Å²) in [6.45, 7) is 0. The van der Waals surface area contributed by atoms with Gasteiger partial charge in [0.15, 0.2) is 11.3 Å². The lowest BCUT2D eigenvalue weighted by Crippen LogP contribution is -2.04. The fourth-order valence-corrected chi connectivity index (χ4v) is 4.25. The standard InChI is InChI=1S/C26H24N4O3/c1-31-22-12-17(10-18-14-29-26(28)30-25(18)27)21-13-19(33-23(21)24(22)32-2)11-16-8-5-7-15-6-3-4-9-20(15)16/h3-9,12-14H,10-11H2,1-2H3,(H4,27,28,29,30). The Labute approximate surface area is 191 Å². The molecule has 2 aromatic heterocycles. The fraction of sp³-hybridized carbons (Fsp3) is 0.154. The Hall–Kier alpha value is -4.26. The normalized spacial score (nSPS) is 11.2. The Kier molecular flexibility index (Phi) is 5.22. The molecule has 0 fully saturated rings. The van der Waals surface area contributed by atoms with E-state index in [-0.39, 0.29) is 5.95 Å². The highest BCUT2D eigenvalue weighted by molar-refractivity contribution is 5.91. The fourth-order valence-electron chi connectivity index (χ4n) is 4.25. The van der Waals surface area contributed by atoms with Gasteiger partial charge in [-0.1, -0.05) is 42.5 Å². The summed E-state index contributed by atoms with van der Waals surface area (Å²) < 4.78 is 17.6. The second kappa shape index (κ2) is 8.35. The molecule has 0 bridgehead atoms. The van der Waals surface area contributed by atoms with E-state index in [0.29, 0.717) is 35.7 Å². The summed E-state index contributed by atoms with van der Waals surface area (Å²) in [4.78, 5) is 8.17. The summed E-state index contributed by atoms with van der Waals surface area (Å²) in [7, 11) is 3.21. The highest BCUT2D eigenvalue weighted by atomic mass is 16.5. The van der Waals surface area contributed by atoms with E-state index in [9.17, 15) is 0 Å². The number of furan rings is 1. The van der Waals surface area contributed by atoms with Crippen molar-refractivity contribution in [3.05, 3.63) is 83.2 Å². The van der Waals surface area contributed by atoms with Gasteiger partial charge in [0.1, 0.15) is 11.6 Å². The van der Waals surface area contributed by atoms with Crippen LogP contribution in [-0.4, -0.2) is 24.2 Å². The van der Waals surface area contributed by atoms with Crippen LogP contribution in [0.5, 0.6) is 11.5 Å². The zero-order chi connectivity index (χ0) is 22.9. The van der Waals surface area contributed by atoms with Crippen LogP contribution in [0.2, 0.25) is 0 Å². The van der Waals surface area contributed by atoms with Crippen LogP contribution in [0.25, 0.3) is 21.7 Å². The molecule has 0 saturated heterocycles. The van der Waals surface area contributed by atoms with Crippen molar-refractivity contribution in [1.29, 1.82) is 0 Å². The van der Waals surface area contributed by atoms with Crippen molar-refractivity contribution in [1.82, 2.24) is 9.97 Å². The first-order chi connectivity index (χ1) is 16.1. The first-order valence-electron chi connectivity index (χ1n) is 10.6. The number of benzene rings is 3. The number of aromatic nitrogens is 2. The number of nitrogens with zero attached hydrogens (tertiary/aromatic N) is 2. The Morgan fingerprint density at radius 3 is 2.45 bits per heavy atom. The minimum atomic E-state index is 0.148. The van der Waals surface area contributed by atoms with Crippen molar-refractivity contribution in [2.45, 2.75) is 12.8 Å². The van der Waals surface area contributed by atoms with Crippen LogP contribution in [0, 0.1) is 0 Å². The maximum Gasteiger partial charge on any atom is 0.221 e. The van der Waals surface area contributed by atoms with Gasteiger partial charge in [0.2, 0.25) is 11.7 Å². The van der Waals surface area contributed by atoms with Crippen molar-refractivity contribution in [2.75, 3.05) is 25.7 Å². The van der Waals surface area contributed by atoms with Gasteiger partial charge in [0.05, 0.1) is 14.2 Å². The van der Waals surface area contributed by atoms with Gasteiger partial charge in [-0.25, -0.2) is 4.98 Å². The highest BCUT2D eigenvalue weighted by Crippen LogP contribution is 2.41. The van der Waals surface area contributed by atoms with E-state index >= 15 is 0 Å². The van der Waals surface area contributed by atoms with Crippen molar-refractivity contribution < 1.29 is 13.9 Å². The molecular weight excluding hydrogens is 416 g/mol. The van der Waals surface area contributed by atoms with Crippen LogP contribution in [0.15, 0.2) is 65.2 Å². The first-order valence-corrected chi connectivity index (χ1v) is 10.6. The molecule has 0 spiro atoms. The third-order valence-corrected chi connectivity index (χ3v) is 5.83. The predicted molar refractivity (Wildman–Crippen MR) is 130 cm³/mol. The molecule has 4 N–H and O–H groups in total. The number of rotatable bonds is 6. The number of methoxy groups -OCH3 is 2. The van der Waals surface area contributed by atoms with Crippen molar-refractivity contribution in [3.8, 4) is 11.5 Å². The summed E-state index contributed by atoms with van der Waals surface area (Å²) in [5, 5.41) is 3.33. The summed E-state index contributed by atoms with van der Waals surface area (Å²) in [6.07, 6.45) is 2.79. The number of ether oxygens (including phenoxy) is 2. The molecule has 33 heavy (non-hydrogen) atoms. The minimum Gasteiger partial charge on any atom is -0.493 e. The largest absolute Gasteiger partial charge is 0.493 e. The van der Waals surface area contributed by atoms with Crippen LogP contribution in [0.1, 0.15) is 22.5 Å². The Morgan fingerprint density at radius 2 is 1.67 bits per heavy atom. The van der Waals surface area contributed by atoms with Gasteiger partial charge < -0.3 is 25.4 Å². The monoisotopic (exact) mass is 440 g/mol. The Bertz CT molecular complexity index is 1470. The van der Waals surface area contributed by atoms with Crippen LogP contribution in [0.3, 0.4) is 0 Å². The Balaban J connectivity index is 1.62. The molecule has 166 valence electrons. The lowest BCUT2D eigenvalue weighted by atomic mass is 9.99. The van der Waals surface area contributed by atoms with Gasteiger partial charge >= 0.3 is 0 Å². The maximum atomic E-state index is 6.33. The molecule has 0 aliphatic rings. The van der Waals surface area contributed by atoms with Gasteiger partial charge in [-0.05, 0) is 34.0 Å². The quantitative estimate of drug-likeness (QED) is 0.392. The van der Waals surface area contributed by atoms with Gasteiger partial charge in [-0.2, -0.15) is 4.98 Å². The smallest absolute Gasteiger partial charge is 0.221 e. The Morgan fingerprint density at radius 1 is 0.848 bits per heavy atom. The number of hydrogen-bond acceptors (Lipinski definition) is 7. The van der Waals surface area contributed by atoms with E-state index in [1.165, 1.54) is 16.3 Å². The minimum absolute atomic E-state index is 0.148.